The predicted molar refractivity (Wildman–Crippen MR) is 110 cm³/mol. The number of methoxy groups -OCH3 is 1. The lowest BCUT2D eigenvalue weighted by Gasteiger charge is -2.11. The van der Waals surface area contributed by atoms with Crippen LogP contribution in [-0.4, -0.2) is 12.0 Å². The molecule has 0 aromatic heterocycles. The molecule has 3 rings (SSSR count). The molecule has 144 valence electrons. The summed E-state index contributed by atoms with van der Waals surface area (Å²) in [5, 5.41) is 20.5. The summed E-state index contributed by atoms with van der Waals surface area (Å²) in [5.74, 6) is 1.12. The average molecular weight is 386 g/mol. The number of rotatable bonds is 7. The van der Waals surface area contributed by atoms with E-state index in [1.165, 1.54) is 12.1 Å². The Hall–Kier alpha value is -4.11. The van der Waals surface area contributed by atoms with Gasteiger partial charge in [-0.25, -0.2) is 0 Å². The van der Waals surface area contributed by atoms with E-state index in [1.807, 2.05) is 30.3 Å². The predicted octanol–water partition coefficient (Wildman–Crippen LogP) is 5.25. The zero-order chi connectivity index (χ0) is 20.6. The van der Waals surface area contributed by atoms with Crippen LogP contribution in [0.15, 0.2) is 72.8 Å². The highest BCUT2D eigenvalue weighted by Crippen LogP contribution is 2.31. The van der Waals surface area contributed by atoms with Crippen LogP contribution in [0.2, 0.25) is 0 Å². The van der Waals surface area contributed by atoms with Crippen LogP contribution in [0, 0.1) is 21.4 Å². The van der Waals surface area contributed by atoms with Crippen molar-refractivity contribution in [1.29, 1.82) is 5.26 Å². The summed E-state index contributed by atoms with van der Waals surface area (Å²) in [6.07, 6.45) is 1.66. The number of nitro groups is 1. The first-order valence-electron chi connectivity index (χ1n) is 8.82. The number of allylic oxidation sites excluding steroid dienone is 1. The second-order valence-corrected chi connectivity index (χ2v) is 6.16. The zero-order valence-corrected chi connectivity index (χ0v) is 15.7. The summed E-state index contributed by atoms with van der Waals surface area (Å²) < 4.78 is 11.3. The van der Waals surface area contributed by atoms with Gasteiger partial charge in [0.25, 0.3) is 5.69 Å². The van der Waals surface area contributed by atoms with Gasteiger partial charge in [0.15, 0.2) is 11.5 Å². The fraction of sp³-hybridized carbons (Fsp3) is 0.0870. The summed E-state index contributed by atoms with van der Waals surface area (Å²) in [4.78, 5) is 10.5. The molecule has 3 aromatic rings. The summed E-state index contributed by atoms with van der Waals surface area (Å²) in [6.45, 7) is 0.406. The number of non-ortho nitro benzene ring substituents is 1. The molecule has 6 heteroatoms. The van der Waals surface area contributed by atoms with Crippen molar-refractivity contribution in [2.75, 3.05) is 7.11 Å². The smallest absolute Gasteiger partial charge is 0.270 e. The van der Waals surface area contributed by atoms with Crippen molar-refractivity contribution >= 4 is 17.3 Å². The summed E-state index contributed by atoms with van der Waals surface area (Å²) in [6, 6.07) is 23.2. The van der Waals surface area contributed by atoms with Crippen molar-refractivity contribution in [2.45, 2.75) is 6.61 Å². The Bertz CT molecular complexity index is 1090. The SMILES string of the molecule is COc1cc(/C=C(\C#N)c2cccc([N+](=O)[O-])c2)ccc1OCc1ccccc1. The van der Waals surface area contributed by atoms with Crippen LogP contribution in [0.3, 0.4) is 0 Å². The largest absolute Gasteiger partial charge is 0.493 e. The van der Waals surface area contributed by atoms with Crippen molar-refractivity contribution in [3.05, 3.63) is 99.6 Å². The molecule has 0 aliphatic heterocycles. The normalized spacial score (nSPS) is 10.8. The van der Waals surface area contributed by atoms with Gasteiger partial charge in [-0.15, -0.1) is 0 Å². The maximum Gasteiger partial charge on any atom is 0.270 e. The van der Waals surface area contributed by atoms with Crippen LogP contribution in [0.5, 0.6) is 11.5 Å². The molecule has 0 spiro atoms. The van der Waals surface area contributed by atoms with Gasteiger partial charge < -0.3 is 9.47 Å². The van der Waals surface area contributed by atoms with E-state index in [-0.39, 0.29) is 5.69 Å². The molecule has 0 saturated heterocycles. The van der Waals surface area contributed by atoms with Crippen LogP contribution in [0.1, 0.15) is 16.7 Å². The molecule has 0 aliphatic rings. The van der Waals surface area contributed by atoms with Gasteiger partial charge in [0.1, 0.15) is 6.61 Å². The van der Waals surface area contributed by atoms with Gasteiger partial charge in [0.05, 0.1) is 23.7 Å². The van der Waals surface area contributed by atoms with E-state index in [0.29, 0.717) is 29.2 Å². The maximum atomic E-state index is 11.0. The van der Waals surface area contributed by atoms with Crippen LogP contribution >= 0.6 is 0 Å². The number of nitrogens with zero attached hydrogens (tertiary/aromatic N) is 2. The van der Waals surface area contributed by atoms with E-state index in [4.69, 9.17) is 9.47 Å². The summed E-state index contributed by atoms with van der Waals surface area (Å²) >= 11 is 0. The highest BCUT2D eigenvalue weighted by atomic mass is 16.6. The van der Waals surface area contributed by atoms with Crippen molar-refractivity contribution < 1.29 is 14.4 Å². The van der Waals surface area contributed by atoms with E-state index in [0.717, 1.165) is 11.1 Å². The Morgan fingerprint density at radius 2 is 1.86 bits per heavy atom. The van der Waals surface area contributed by atoms with Crippen molar-refractivity contribution in [3.8, 4) is 17.6 Å². The molecule has 0 bridgehead atoms. The van der Waals surface area contributed by atoms with E-state index < -0.39 is 4.92 Å². The second-order valence-electron chi connectivity index (χ2n) is 6.16. The van der Waals surface area contributed by atoms with E-state index in [1.54, 1.807) is 43.5 Å². The Labute approximate surface area is 168 Å². The molecule has 0 atom stereocenters. The van der Waals surface area contributed by atoms with Gasteiger partial charge >= 0.3 is 0 Å². The number of benzene rings is 3. The quantitative estimate of drug-likeness (QED) is 0.240. The fourth-order valence-corrected chi connectivity index (χ4v) is 2.76. The number of ether oxygens (including phenoxy) is 2. The van der Waals surface area contributed by atoms with Crippen LogP contribution in [0.25, 0.3) is 11.6 Å². The van der Waals surface area contributed by atoms with Crippen molar-refractivity contribution in [1.82, 2.24) is 0 Å². The van der Waals surface area contributed by atoms with Crippen LogP contribution < -0.4 is 9.47 Å². The second kappa shape index (κ2) is 9.20. The van der Waals surface area contributed by atoms with Gasteiger partial charge in [-0.2, -0.15) is 5.26 Å². The molecule has 0 saturated carbocycles. The van der Waals surface area contributed by atoms with Crippen molar-refractivity contribution in [2.24, 2.45) is 0 Å². The third-order valence-corrected chi connectivity index (χ3v) is 4.22. The third-order valence-electron chi connectivity index (χ3n) is 4.22. The van der Waals surface area contributed by atoms with E-state index >= 15 is 0 Å². The fourth-order valence-electron chi connectivity index (χ4n) is 2.76. The molecule has 0 aliphatic carbocycles. The minimum absolute atomic E-state index is 0.0640. The molecule has 3 aromatic carbocycles. The number of hydrogen-bond acceptors (Lipinski definition) is 5. The monoisotopic (exact) mass is 386 g/mol. The minimum atomic E-state index is -0.486. The highest BCUT2D eigenvalue weighted by molar-refractivity contribution is 5.90. The van der Waals surface area contributed by atoms with Gasteiger partial charge in [-0.1, -0.05) is 48.5 Å². The van der Waals surface area contributed by atoms with Gasteiger partial charge in [-0.3, -0.25) is 10.1 Å². The van der Waals surface area contributed by atoms with Crippen LogP contribution in [0.4, 0.5) is 5.69 Å². The highest BCUT2D eigenvalue weighted by Gasteiger charge is 2.10. The Morgan fingerprint density at radius 1 is 1.07 bits per heavy atom. The molecule has 29 heavy (non-hydrogen) atoms. The topological polar surface area (TPSA) is 85.4 Å². The summed E-state index contributed by atoms with van der Waals surface area (Å²) in [7, 11) is 1.55. The first-order valence-corrected chi connectivity index (χ1v) is 8.82. The Morgan fingerprint density at radius 3 is 2.55 bits per heavy atom. The zero-order valence-electron chi connectivity index (χ0n) is 15.7. The lowest BCUT2D eigenvalue weighted by molar-refractivity contribution is -0.384. The molecule has 0 amide bonds. The maximum absolute atomic E-state index is 11.0. The van der Waals surface area contributed by atoms with E-state index in [2.05, 4.69) is 6.07 Å². The molecule has 0 unspecified atom stereocenters. The average Bonchev–Trinajstić information content (AvgIpc) is 2.77. The number of hydrogen-bond donors (Lipinski definition) is 0. The van der Waals surface area contributed by atoms with E-state index in [9.17, 15) is 15.4 Å². The molecular weight excluding hydrogens is 368 g/mol. The molecule has 0 N–H and O–H groups in total. The first kappa shape index (κ1) is 19.6. The number of nitriles is 1. The van der Waals surface area contributed by atoms with Crippen LogP contribution in [-0.2, 0) is 6.61 Å². The number of nitro benzene ring substituents is 1. The lowest BCUT2D eigenvalue weighted by Crippen LogP contribution is -1.97. The lowest BCUT2D eigenvalue weighted by atomic mass is 10.0. The minimum Gasteiger partial charge on any atom is -0.493 e. The molecule has 0 fully saturated rings. The van der Waals surface area contributed by atoms with Gasteiger partial charge in [0.2, 0.25) is 0 Å². The Kier molecular flexibility index (Phi) is 6.23. The molecule has 6 nitrogen and oxygen atoms in total. The third kappa shape index (κ3) is 4.99. The Balaban J connectivity index is 1.85. The standard InChI is InChI=1S/C23H18N2O4/c1-28-23-13-18(10-11-22(23)29-16-17-6-3-2-4-7-17)12-20(15-24)19-8-5-9-21(14-19)25(26)27/h2-14H,16H2,1H3/b20-12+. The van der Waals surface area contributed by atoms with Crippen molar-refractivity contribution in [3.63, 3.8) is 0 Å². The van der Waals surface area contributed by atoms with Gasteiger partial charge in [0, 0.05) is 12.1 Å². The first-order chi connectivity index (χ1) is 14.1. The molecule has 0 heterocycles. The van der Waals surface area contributed by atoms with Gasteiger partial charge in [-0.05, 0) is 34.9 Å². The molecule has 0 radical (unpaired) electrons. The molecular formula is C23H18N2O4. The summed E-state index contributed by atoms with van der Waals surface area (Å²) in [5.41, 5.74) is 2.48.